The molecule has 0 radical (unpaired) electrons. The van der Waals surface area contributed by atoms with Crippen molar-refractivity contribution in [3.05, 3.63) is 246 Å². The van der Waals surface area contributed by atoms with Crippen LogP contribution < -0.4 is 5.46 Å². The van der Waals surface area contributed by atoms with E-state index in [0.29, 0.717) is 0 Å². The average Bonchev–Trinajstić information content (AvgIpc) is 1.58. The van der Waals surface area contributed by atoms with Gasteiger partial charge in [0.15, 0.2) is 0 Å². The molecule has 0 spiro atoms. The van der Waals surface area contributed by atoms with E-state index < -0.39 is 315 Å². The molecule has 0 fully saturated rings. The summed E-state index contributed by atoms with van der Waals surface area (Å²) in [7, 11) is -2.16. The Kier molecular flexibility index (Phi) is 6.73. The van der Waals surface area contributed by atoms with E-state index >= 15 is 0 Å². The third-order valence-corrected chi connectivity index (χ3v) is 12.2. The van der Waals surface area contributed by atoms with E-state index in [1.54, 1.807) is 0 Å². The van der Waals surface area contributed by atoms with Crippen LogP contribution in [0.15, 0.2) is 255 Å². The summed E-state index contributed by atoms with van der Waals surface area (Å²) < 4.78 is 348. The van der Waals surface area contributed by atoms with Crippen molar-refractivity contribution in [3.8, 4) is 33.6 Å². The van der Waals surface area contributed by atoms with Crippen LogP contribution in [0.4, 0.5) is 0 Å². The molecule has 0 atom stereocenters. The average molecular weight is 1180 g/mol. The second kappa shape index (κ2) is 22.5. The number of fused-ring (bicyclic) bond motifs is 14. The third kappa shape index (κ3) is 9.81. The van der Waals surface area contributed by atoms with E-state index in [1.165, 1.54) is 0 Å². The standard InChI is InChI=1S/C34H20N2O.C22H13BrN2.C12H9BO3.2CH4.H2S/c1-2-8-26-25(7-1)24(23-14-18-32-29(20-23)28-9-3-4-10-31(28)37-32)15-16-27(26)30-17-13-22-12-11-21-6-5-19-35-33(21)34(22)36-30;23-19-11-10-18(16-5-1-2-6-17(16)19)20-12-9-15-8-7-14-4-3-13-24-21(14)22(15)25-20;14-13(15)8-5-6-12-10(7-8)9-3-1-2-4-11(9)16-12;;;/h1-20H;1-13H;1-7,14-15H;2*1H4;1H2/i1D,2D,3D,4D,5D,6D,7D,8D,9D,10D,11D,12D,13D,14D,15D,16D,17D,18D,19D,20D;1D,2D,3D,4D,5D,6D,7D,8D,9D,10D,11D,12D,13D;1D,2D,3D,4D,5D,6D,7D;;;. The molecule has 6 aromatic heterocycles. The highest BCUT2D eigenvalue weighted by Crippen LogP contribution is 2.40. The lowest BCUT2D eigenvalue weighted by Gasteiger charge is -2.13. The zero-order valence-electron chi connectivity index (χ0n) is 79.0. The lowest BCUT2D eigenvalue weighted by Crippen LogP contribution is -2.29. The number of aromatic nitrogens is 4. The molecule has 0 aliphatic heterocycles. The quantitative estimate of drug-likeness (QED) is 0.132. The molecule has 11 heteroatoms. The van der Waals surface area contributed by atoms with E-state index in [9.17, 15) is 14.2 Å². The summed E-state index contributed by atoms with van der Waals surface area (Å²) in [5.74, 6) is 0. The summed E-state index contributed by atoms with van der Waals surface area (Å²) >= 11 is 3.15. The Hall–Kier alpha value is -9.23. The zero-order chi connectivity index (χ0) is 87.1. The number of furan rings is 2. The van der Waals surface area contributed by atoms with Gasteiger partial charge in [-0.2, -0.15) is 13.5 Å². The van der Waals surface area contributed by atoms with Gasteiger partial charge in [-0.15, -0.1) is 0 Å². The van der Waals surface area contributed by atoms with Crippen molar-refractivity contribution in [1.82, 2.24) is 19.9 Å². The number of benzene rings is 10. The fraction of sp³-hybridized carbons (Fsp3) is 0.0286. The second-order valence-corrected chi connectivity index (χ2v) is 16.9. The lowest BCUT2D eigenvalue weighted by atomic mass is 9.80. The van der Waals surface area contributed by atoms with Crippen LogP contribution in [0.2, 0.25) is 0 Å². The topological polar surface area (TPSA) is 118 Å². The molecule has 81 heavy (non-hydrogen) atoms. The van der Waals surface area contributed by atoms with Crippen LogP contribution in [0.3, 0.4) is 0 Å². The predicted molar refractivity (Wildman–Crippen MR) is 348 cm³/mol. The molecule has 16 aromatic rings. The van der Waals surface area contributed by atoms with Gasteiger partial charge in [0.05, 0.1) is 88.3 Å². The highest BCUT2D eigenvalue weighted by atomic mass is 79.9. The van der Waals surface area contributed by atoms with E-state index in [-0.39, 0.29) is 115 Å². The van der Waals surface area contributed by atoms with Crippen molar-refractivity contribution in [1.29, 1.82) is 0 Å². The normalized spacial score (nSPS) is 18.0. The molecule has 0 saturated carbocycles. The fourth-order valence-corrected chi connectivity index (χ4v) is 8.52. The lowest BCUT2D eigenvalue weighted by molar-refractivity contribution is 0.426. The van der Waals surface area contributed by atoms with Crippen molar-refractivity contribution in [2.75, 3.05) is 0 Å². The number of hydrogen-bond donors (Lipinski definition) is 2. The van der Waals surface area contributed by atoms with Gasteiger partial charge in [0.1, 0.15) is 22.3 Å². The van der Waals surface area contributed by atoms with E-state index in [4.69, 9.17) is 59.6 Å². The number of halogens is 1. The first kappa shape index (κ1) is 24.2. The van der Waals surface area contributed by atoms with Crippen LogP contribution in [-0.4, -0.2) is 37.1 Å². The fourth-order valence-electron chi connectivity index (χ4n) is 8.13. The maximum atomic E-state index is 9.35. The van der Waals surface area contributed by atoms with Gasteiger partial charge in [-0.05, 0) is 98.6 Å². The second-order valence-electron chi connectivity index (χ2n) is 16.1. The van der Waals surface area contributed by atoms with Crippen LogP contribution in [0.5, 0.6) is 0 Å². The van der Waals surface area contributed by atoms with Crippen molar-refractivity contribution < 1.29 is 73.7 Å². The Morgan fingerprint density at radius 1 is 0.370 bits per heavy atom. The smallest absolute Gasteiger partial charge is 0.456 e. The Balaban J connectivity index is 0.000000192. The predicted octanol–water partition coefficient (Wildman–Crippen LogP) is 18.2. The molecular formula is C70H52BBrN4O4S. The minimum Gasteiger partial charge on any atom is -0.456 e. The molecule has 0 bridgehead atoms. The molecule has 8 nitrogen and oxygen atoms in total. The Morgan fingerprint density at radius 3 is 1.32 bits per heavy atom. The zero-order valence-corrected chi connectivity index (χ0v) is 41.5. The molecular weight excluding hydrogens is 1080 g/mol. The van der Waals surface area contributed by atoms with Gasteiger partial charge in [-0.3, -0.25) is 9.97 Å². The number of para-hydroxylation sites is 2. The first-order chi connectivity index (χ1) is 55.1. The number of pyridine rings is 4. The Labute approximate surface area is 538 Å². The molecule has 0 amide bonds. The molecule has 0 aliphatic carbocycles. The van der Waals surface area contributed by atoms with Gasteiger partial charge in [-0.25, -0.2) is 9.97 Å². The summed E-state index contributed by atoms with van der Waals surface area (Å²) in [5.41, 5.74) is -6.33. The van der Waals surface area contributed by atoms with Crippen molar-refractivity contribution in [3.63, 3.8) is 0 Å². The number of hydrogen-bond acceptors (Lipinski definition) is 8. The van der Waals surface area contributed by atoms with Gasteiger partial charge < -0.3 is 18.9 Å². The van der Waals surface area contributed by atoms with Crippen molar-refractivity contribution in [2.24, 2.45) is 0 Å². The van der Waals surface area contributed by atoms with Gasteiger partial charge in [-0.1, -0.05) is 200 Å². The van der Waals surface area contributed by atoms with Crippen molar-refractivity contribution in [2.45, 2.75) is 14.9 Å². The summed E-state index contributed by atoms with van der Waals surface area (Å²) in [5, 5.41) is 15.0. The first-order valence-corrected chi connectivity index (χ1v) is 23.1. The molecule has 392 valence electrons. The van der Waals surface area contributed by atoms with E-state index in [1.807, 2.05) is 0 Å². The SMILES string of the molecule is C.C.S.[2H]c1c([2H])c([2H])c2c(oc3c([2H])c([2H])c(B(O)O)c([2H])c32)c1[2H].[2H]c1nc2c(c([2H])c1[2H])c([2H])c([2H])c1c([2H])c([2H])c(-c3c([2H])c([2H])c(-c4c([2H])c([2H])c5oc6c([2H])c([2H])c([2H])c([2H])c6c5c4[2H])c4c([2H])c([2H])c([2H])c([2H])c34)nc12.[2H]c1nc2c(c([2H])c1[2H])c([2H])c([2H])c1c([2H])c([2H])c(-c3c([2H])c([2H])c(Br)c4c([2H])c([2H])c([2H])c([2H])c34)nc12. The molecule has 0 saturated heterocycles. The van der Waals surface area contributed by atoms with E-state index in [2.05, 4.69) is 35.9 Å². The summed E-state index contributed by atoms with van der Waals surface area (Å²) in [6.07, 6.45) is -1.32. The Bertz CT molecular complexity index is 7450. The van der Waals surface area contributed by atoms with Crippen molar-refractivity contribution >= 4 is 151 Å². The van der Waals surface area contributed by atoms with Crippen LogP contribution in [0.1, 0.15) is 69.7 Å². The summed E-state index contributed by atoms with van der Waals surface area (Å²) in [4.78, 5) is 16.8. The molecule has 0 unspecified atom stereocenters. The van der Waals surface area contributed by atoms with Gasteiger partial charge in [0.25, 0.3) is 0 Å². The maximum Gasteiger partial charge on any atom is 0.488 e. The molecule has 10 aromatic carbocycles. The highest BCUT2D eigenvalue weighted by molar-refractivity contribution is 9.10. The maximum absolute atomic E-state index is 9.35. The number of rotatable bonds is 4. The van der Waals surface area contributed by atoms with E-state index in [0.717, 1.165) is 0 Å². The van der Waals surface area contributed by atoms with Crippen LogP contribution in [0.25, 0.3) is 143 Å². The molecule has 0 aliphatic rings. The van der Waals surface area contributed by atoms with Crippen LogP contribution in [-0.2, 0) is 0 Å². The molecule has 16 rings (SSSR count). The van der Waals surface area contributed by atoms with Crippen LogP contribution in [0, 0.1) is 0 Å². The minimum atomic E-state index is -2.16. The highest BCUT2D eigenvalue weighted by Gasteiger charge is 2.17. The number of nitrogens with zero attached hydrogens (tertiary/aromatic N) is 4. The molecule has 6 heterocycles. The summed E-state index contributed by atoms with van der Waals surface area (Å²) in [6, 6.07) is -24.4. The monoisotopic (exact) mass is 1170 g/mol. The largest absolute Gasteiger partial charge is 0.488 e. The van der Waals surface area contributed by atoms with Gasteiger partial charge in [0, 0.05) is 71.0 Å². The third-order valence-electron chi connectivity index (χ3n) is 11.6. The van der Waals surface area contributed by atoms with Gasteiger partial charge >= 0.3 is 7.12 Å². The summed E-state index contributed by atoms with van der Waals surface area (Å²) in [6.45, 7) is 0. The molecule has 2 N–H and O–H groups in total. The Morgan fingerprint density at radius 2 is 0.778 bits per heavy atom. The minimum absolute atomic E-state index is 0. The van der Waals surface area contributed by atoms with Crippen LogP contribution >= 0.6 is 29.4 Å². The van der Waals surface area contributed by atoms with Gasteiger partial charge in [0.2, 0.25) is 0 Å². The first-order valence-electron chi connectivity index (χ1n) is 42.3.